The number of aromatic nitrogens is 3. The normalized spacial score (nSPS) is 14.4. The third-order valence-corrected chi connectivity index (χ3v) is 3.99. The second kappa shape index (κ2) is 4.93. The summed E-state index contributed by atoms with van der Waals surface area (Å²) in [5.41, 5.74) is 1.09. The quantitative estimate of drug-likeness (QED) is 0.900. The van der Waals surface area contributed by atoms with Gasteiger partial charge in [0.15, 0.2) is 5.13 Å². The lowest BCUT2D eigenvalue weighted by molar-refractivity contribution is 0.262. The van der Waals surface area contributed by atoms with E-state index in [1.807, 2.05) is 5.38 Å². The van der Waals surface area contributed by atoms with Crippen molar-refractivity contribution in [3.63, 3.8) is 0 Å². The lowest BCUT2D eigenvalue weighted by Crippen LogP contribution is -2.20. The van der Waals surface area contributed by atoms with Crippen LogP contribution < -0.4 is 10.6 Å². The molecule has 6 nitrogen and oxygen atoms in total. The van der Waals surface area contributed by atoms with Gasteiger partial charge < -0.3 is 0 Å². The molecule has 3 rings (SSSR count). The first kappa shape index (κ1) is 12.6. The molecule has 2 N–H and O–H groups in total. The monoisotopic (exact) mass is 341 g/mol. The van der Waals surface area contributed by atoms with E-state index in [0.29, 0.717) is 21.5 Å². The van der Waals surface area contributed by atoms with Gasteiger partial charge in [-0.05, 0) is 28.8 Å². The molecule has 2 amide bonds. The van der Waals surface area contributed by atoms with E-state index in [9.17, 15) is 4.79 Å². The molecule has 2 heterocycles. The topological polar surface area (TPSA) is 71.8 Å². The molecule has 0 bridgehead atoms. The van der Waals surface area contributed by atoms with E-state index in [-0.39, 0.29) is 6.03 Å². The highest BCUT2D eigenvalue weighted by Crippen LogP contribution is 2.40. The van der Waals surface area contributed by atoms with Crippen LogP contribution in [0.2, 0.25) is 0 Å². The molecule has 1 aliphatic rings. The van der Waals surface area contributed by atoms with E-state index < -0.39 is 0 Å². The fraction of sp³-hybridized carbons (Fsp3) is 0.364. The number of thiazole rings is 1. The van der Waals surface area contributed by atoms with Crippen molar-refractivity contribution in [3.8, 4) is 0 Å². The Kier molecular flexibility index (Phi) is 3.28. The molecule has 2 aromatic rings. The average molecular weight is 342 g/mol. The number of amides is 2. The summed E-state index contributed by atoms with van der Waals surface area (Å²) in [5.74, 6) is 1.21. The first-order valence-electron chi connectivity index (χ1n) is 5.85. The van der Waals surface area contributed by atoms with E-state index in [1.165, 1.54) is 24.2 Å². The molecule has 2 aromatic heterocycles. The second-order valence-electron chi connectivity index (χ2n) is 4.41. The number of carbonyl (C=O) groups is 1. The van der Waals surface area contributed by atoms with Gasteiger partial charge >= 0.3 is 6.03 Å². The van der Waals surface area contributed by atoms with Gasteiger partial charge in [0.2, 0.25) is 0 Å². The minimum Gasteiger partial charge on any atom is -0.292 e. The second-order valence-corrected chi connectivity index (χ2v) is 6.08. The molecule has 1 saturated carbocycles. The first-order chi connectivity index (χ1) is 9.11. The van der Waals surface area contributed by atoms with Crippen LogP contribution in [0.1, 0.15) is 24.5 Å². The van der Waals surface area contributed by atoms with Gasteiger partial charge in [-0.15, -0.1) is 11.3 Å². The Morgan fingerprint density at radius 1 is 1.53 bits per heavy atom. The van der Waals surface area contributed by atoms with Gasteiger partial charge in [0.05, 0.1) is 5.69 Å². The minimum absolute atomic E-state index is 0.313. The molecule has 100 valence electrons. The standard InChI is InChI=1S/C11H12BrN5OS/c1-17-9(4-8(12)16-17)14-10(18)15-11-13-7(5-19-11)6-2-3-6/h4-6H,2-3H2,1H3,(H2,13,14,15,18). The molecule has 0 aromatic carbocycles. The third-order valence-electron chi connectivity index (χ3n) is 2.83. The summed E-state index contributed by atoms with van der Waals surface area (Å²) < 4.78 is 2.26. The molecule has 19 heavy (non-hydrogen) atoms. The van der Waals surface area contributed by atoms with E-state index in [1.54, 1.807) is 17.8 Å². The smallest absolute Gasteiger partial charge is 0.292 e. The van der Waals surface area contributed by atoms with Gasteiger partial charge in [0.25, 0.3) is 0 Å². The van der Waals surface area contributed by atoms with Crippen molar-refractivity contribution in [1.29, 1.82) is 0 Å². The number of anilines is 2. The highest BCUT2D eigenvalue weighted by Gasteiger charge is 2.26. The number of nitrogens with zero attached hydrogens (tertiary/aromatic N) is 3. The minimum atomic E-state index is -0.313. The predicted molar refractivity (Wildman–Crippen MR) is 77.6 cm³/mol. The Morgan fingerprint density at radius 2 is 2.32 bits per heavy atom. The summed E-state index contributed by atoms with van der Waals surface area (Å²) >= 11 is 4.70. The van der Waals surface area contributed by atoms with Crippen molar-refractivity contribution in [3.05, 3.63) is 21.7 Å². The van der Waals surface area contributed by atoms with Crippen molar-refractivity contribution in [2.24, 2.45) is 7.05 Å². The fourth-order valence-corrected chi connectivity index (χ4v) is 2.95. The maximum atomic E-state index is 11.8. The van der Waals surface area contributed by atoms with Crippen LogP contribution in [0, 0.1) is 0 Å². The number of hydrogen-bond acceptors (Lipinski definition) is 4. The van der Waals surface area contributed by atoms with Crippen molar-refractivity contribution >= 4 is 44.2 Å². The molecule has 1 aliphatic carbocycles. The molecule has 0 atom stereocenters. The summed E-state index contributed by atoms with van der Waals surface area (Å²) in [4.78, 5) is 16.2. The van der Waals surface area contributed by atoms with Crippen LogP contribution in [0.3, 0.4) is 0 Å². The molecule has 0 saturated heterocycles. The number of carbonyl (C=O) groups excluding carboxylic acids is 1. The van der Waals surface area contributed by atoms with Crippen LogP contribution in [0.5, 0.6) is 0 Å². The van der Waals surface area contributed by atoms with Gasteiger partial charge in [-0.2, -0.15) is 5.10 Å². The van der Waals surface area contributed by atoms with Gasteiger partial charge in [-0.3, -0.25) is 15.3 Å². The molecule has 0 spiro atoms. The number of hydrogen-bond donors (Lipinski definition) is 2. The van der Waals surface area contributed by atoms with E-state index >= 15 is 0 Å². The lowest BCUT2D eigenvalue weighted by atomic mass is 10.3. The van der Waals surface area contributed by atoms with Gasteiger partial charge in [-0.1, -0.05) is 0 Å². The first-order valence-corrected chi connectivity index (χ1v) is 7.52. The number of rotatable bonds is 3. The highest BCUT2D eigenvalue weighted by atomic mass is 79.9. The Bertz CT molecular complexity index is 618. The Hall–Kier alpha value is -1.41. The number of halogens is 1. The summed E-state index contributed by atoms with van der Waals surface area (Å²) in [6, 6.07) is 1.42. The van der Waals surface area contributed by atoms with E-state index in [0.717, 1.165) is 5.69 Å². The third kappa shape index (κ3) is 2.95. The van der Waals surface area contributed by atoms with Crippen LogP contribution in [0.15, 0.2) is 16.0 Å². The van der Waals surface area contributed by atoms with Gasteiger partial charge in [-0.25, -0.2) is 9.78 Å². The summed E-state index contributed by atoms with van der Waals surface area (Å²) in [6.45, 7) is 0. The Balaban J connectivity index is 1.62. The molecular formula is C11H12BrN5OS. The summed E-state index contributed by atoms with van der Waals surface area (Å²) in [5, 5.41) is 12.2. The van der Waals surface area contributed by atoms with Crippen molar-refractivity contribution in [2.45, 2.75) is 18.8 Å². The van der Waals surface area contributed by atoms with Crippen molar-refractivity contribution < 1.29 is 4.79 Å². The number of nitrogens with one attached hydrogen (secondary N) is 2. The molecule has 0 unspecified atom stereocenters. The zero-order valence-corrected chi connectivity index (χ0v) is 12.6. The molecule has 1 fully saturated rings. The van der Waals surface area contributed by atoms with Crippen LogP contribution >= 0.6 is 27.3 Å². The SMILES string of the molecule is Cn1nc(Br)cc1NC(=O)Nc1nc(C2CC2)cs1. The van der Waals surface area contributed by atoms with Gasteiger partial charge in [0, 0.05) is 24.4 Å². The van der Waals surface area contributed by atoms with Gasteiger partial charge in [0.1, 0.15) is 10.4 Å². The Labute approximate surface area is 122 Å². The fourth-order valence-electron chi connectivity index (χ4n) is 1.70. The molecular weight excluding hydrogens is 330 g/mol. The van der Waals surface area contributed by atoms with Crippen molar-refractivity contribution in [1.82, 2.24) is 14.8 Å². The zero-order valence-electron chi connectivity index (χ0n) is 10.2. The molecule has 8 heteroatoms. The van der Waals surface area contributed by atoms with E-state index in [4.69, 9.17) is 0 Å². The number of urea groups is 1. The zero-order chi connectivity index (χ0) is 13.4. The highest BCUT2D eigenvalue weighted by molar-refractivity contribution is 9.10. The predicted octanol–water partition coefficient (Wildman–Crippen LogP) is 3.16. The largest absolute Gasteiger partial charge is 0.326 e. The summed E-state index contributed by atoms with van der Waals surface area (Å²) in [6.07, 6.45) is 2.41. The van der Waals surface area contributed by atoms with Crippen LogP contribution in [-0.2, 0) is 7.05 Å². The Morgan fingerprint density at radius 3 is 2.95 bits per heavy atom. The van der Waals surface area contributed by atoms with Crippen LogP contribution in [0.4, 0.5) is 15.7 Å². The molecule has 0 aliphatic heterocycles. The molecule has 0 radical (unpaired) electrons. The van der Waals surface area contributed by atoms with Crippen molar-refractivity contribution in [2.75, 3.05) is 10.6 Å². The summed E-state index contributed by atoms with van der Waals surface area (Å²) in [7, 11) is 1.76. The maximum Gasteiger partial charge on any atom is 0.326 e. The number of aryl methyl sites for hydroxylation is 1. The van der Waals surface area contributed by atoms with Crippen LogP contribution in [-0.4, -0.2) is 20.8 Å². The average Bonchev–Trinajstić information content (AvgIpc) is 3.01. The maximum absolute atomic E-state index is 11.8. The van der Waals surface area contributed by atoms with Crippen LogP contribution in [0.25, 0.3) is 0 Å². The van der Waals surface area contributed by atoms with E-state index in [2.05, 4.69) is 36.6 Å². The lowest BCUT2D eigenvalue weighted by Gasteiger charge is -2.04.